The van der Waals surface area contributed by atoms with Crippen LogP contribution in [-0.2, 0) is 14.3 Å². The van der Waals surface area contributed by atoms with Gasteiger partial charge in [0.15, 0.2) is 12.7 Å². The molecule has 0 saturated heterocycles. The molecule has 0 aliphatic heterocycles. The Morgan fingerprint density at radius 2 is 1.81 bits per heavy atom. The van der Waals surface area contributed by atoms with E-state index in [1.54, 1.807) is 43.3 Å². The zero-order valence-electron chi connectivity index (χ0n) is 14.9. The zero-order valence-corrected chi connectivity index (χ0v) is 15.7. The molecule has 0 heterocycles. The average molecular weight is 387 g/mol. The highest BCUT2D eigenvalue weighted by Gasteiger charge is 2.19. The standard InChI is InChI=1S/C20H19ClN2O4/c1-13(17-5-3-4-6-18(17)21)23-19(24)12-26-20(25)14(2)27-16-9-7-15(11-22)8-10-16/h3-10,13-14H,12H2,1-2H3,(H,23,24)/t13-,14+/m1/s1. The van der Waals surface area contributed by atoms with Gasteiger partial charge in [-0.3, -0.25) is 4.79 Å². The molecule has 6 nitrogen and oxygen atoms in total. The Morgan fingerprint density at radius 1 is 1.15 bits per heavy atom. The number of hydrogen-bond donors (Lipinski definition) is 1. The first-order valence-electron chi connectivity index (χ1n) is 8.28. The van der Waals surface area contributed by atoms with Gasteiger partial charge in [0.25, 0.3) is 5.91 Å². The fourth-order valence-corrected chi connectivity index (χ4v) is 2.60. The summed E-state index contributed by atoms with van der Waals surface area (Å²) in [6, 6.07) is 15.2. The predicted octanol–water partition coefficient (Wildman–Crippen LogP) is 3.40. The van der Waals surface area contributed by atoms with Crippen LogP contribution in [0.15, 0.2) is 48.5 Å². The maximum atomic E-state index is 12.0. The normalized spacial score (nSPS) is 12.4. The van der Waals surface area contributed by atoms with E-state index in [0.717, 1.165) is 5.56 Å². The van der Waals surface area contributed by atoms with Crippen LogP contribution in [0, 0.1) is 11.3 Å². The number of amides is 1. The van der Waals surface area contributed by atoms with E-state index in [4.69, 9.17) is 26.3 Å². The van der Waals surface area contributed by atoms with E-state index < -0.39 is 24.6 Å². The lowest BCUT2D eigenvalue weighted by Crippen LogP contribution is -2.34. The van der Waals surface area contributed by atoms with Crippen LogP contribution in [0.3, 0.4) is 0 Å². The molecule has 0 unspecified atom stereocenters. The number of nitrogens with zero attached hydrogens (tertiary/aromatic N) is 1. The smallest absolute Gasteiger partial charge is 0.347 e. The van der Waals surface area contributed by atoms with Crippen molar-refractivity contribution in [2.45, 2.75) is 26.0 Å². The summed E-state index contributed by atoms with van der Waals surface area (Å²) in [6.45, 7) is 2.89. The summed E-state index contributed by atoms with van der Waals surface area (Å²) < 4.78 is 10.4. The highest BCUT2D eigenvalue weighted by atomic mass is 35.5. The number of carbonyl (C=O) groups excluding carboxylic acids is 2. The lowest BCUT2D eigenvalue weighted by atomic mass is 10.1. The second-order valence-corrected chi connectivity index (χ2v) is 6.22. The molecule has 2 aromatic carbocycles. The first kappa shape index (κ1) is 20.3. The summed E-state index contributed by atoms with van der Waals surface area (Å²) in [5.74, 6) is -0.684. The Hall–Kier alpha value is -3.04. The highest BCUT2D eigenvalue weighted by molar-refractivity contribution is 6.31. The molecular weight excluding hydrogens is 368 g/mol. The summed E-state index contributed by atoms with van der Waals surface area (Å²) in [6.07, 6.45) is -0.897. The predicted molar refractivity (Wildman–Crippen MR) is 100 cm³/mol. The SMILES string of the molecule is C[C@H](Oc1ccc(C#N)cc1)C(=O)OCC(=O)N[C@H](C)c1ccccc1Cl. The molecule has 7 heteroatoms. The van der Waals surface area contributed by atoms with Crippen LogP contribution in [0.5, 0.6) is 5.75 Å². The third kappa shape index (κ3) is 6.01. The number of nitriles is 1. The van der Waals surface area contributed by atoms with Gasteiger partial charge in [0.2, 0.25) is 0 Å². The van der Waals surface area contributed by atoms with Crippen molar-refractivity contribution < 1.29 is 19.1 Å². The van der Waals surface area contributed by atoms with Gasteiger partial charge in [-0.25, -0.2) is 4.79 Å². The van der Waals surface area contributed by atoms with Gasteiger partial charge in [-0.15, -0.1) is 0 Å². The van der Waals surface area contributed by atoms with Gasteiger partial charge in [0.1, 0.15) is 5.75 Å². The Kier molecular flexibility index (Phi) is 7.21. The highest BCUT2D eigenvalue weighted by Crippen LogP contribution is 2.22. The van der Waals surface area contributed by atoms with Crippen molar-refractivity contribution in [3.63, 3.8) is 0 Å². The first-order chi connectivity index (χ1) is 12.9. The van der Waals surface area contributed by atoms with Crippen LogP contribution in [-0.4, -0.2) is 24.6 Å². The van der Waals surface area contributed by atoms with Gasteiger partial charge < -0.3 is 14.8 Å². The third-order valence-corrected chi connectivity index (χ3v) is 4.07. The molecule has 1 N–H and O–H groups in total. The molecule has 0 aromatic heterocycles. The quantitative estimate of drug-likeness (QED) is 0.737. The molecule has 0 bridgehead atoms. The van der Waals surface area contributed by atoms with Crippen molar-refractivity contribution in [2.24, 2.45) is 0 Å². The van der Waals surface area contributed by atoms with Crippen LogP contribution >= 0.6 is 11.6 Å². The Labute approximate surface area is 162 Å². The Balaban J connectivity index is 1.80. The molecule has 0 saturated carbocycles. The second-order valence-electron chi connectivity index (χ2n) is 5.81. The fraction of sp³-hybridized carbons (Fsp3) is 0.250. The molecule has 2 rings (SSSR count). The number of halogens is 1. The van der Waals surface area contributed by atoms with Crippen LogP contribution in [0.25, 0.3) is 0 Å². The van der Waals surface area contributed by atoms with Crippen molar-refractivity contribution in [1.82, 2.24) is 5.32 Å². The first-order valence-corrected chi connectivity index (χ1v) is 8.65. The van der Waals surface area contributed by atoms with Crippen molar-refractivity contribution in [3.8, 4) is 11.8 Å². The largest absolute Gasteiger partial charge is 0.479 e. The number of hydrogen-bond acceptors (Lipinski definition) is 5. The van der Waals surface area contributed by atoms with Gasteiger partial charge in [-0.05, 0) is 49.7 Å². The minimum Gasteiger partial charge on any atom is -0.479 e. The molecule has 2 aromatic rings. The van der Waals surface area contributed by atoms with Crippen molar-refractivity contribution in [1.29, 1.82) is 5.26 Å². The van der Waals surface area contributed by atoms with E-state index in [1.165, 1.54) is 6.92 Å². The van der Waals surface area contributed by atoms with Gasteiger partial charge in [0.05, 0.1) is 17.7 Å². The van der Waals surface area contributed by atoms with Crippen molar-refractivity contribution in [3.05, 3.63) is 64.7 Å². The lowest BCUT2D eigenvalue weighted by Gasteiger charge is -2.17. The summed E-state index contributed by atoms with van der Waals surface area (Å²) in [5, 5.41) is 12.0. The summed E-state index contributed by atoms with van der Waals surface area (Å²) in [7, 11) is 0. The number of nitrogens with one attached hydrogen (secondary N) is 1. The maximum absolute atomic E-state index is 12.0. The van der Waals surface area contributed by atoms with Gasteiger partial charge >= 0.3 is 5.97 Å². The minimum atomic E-state index is -0.897. The number of esters is 1. The molecule has 0 aliphatic rings. The van der Waals surface area contributed by atoms with Gasteiger partial charge in [-0.2, -0.15) is 5.26 Å². The fourth-order valence-electron chi connectivity index (χ4n) is 2.30. The Bertz CT molecular complexity index is 846. The summed E-state index contributed by atoms with van der Waals surface area (Å²) in [4.78, 5) is 24.0. The molecule has 0 fully saturated rings. The van der Waals surface area contributed by atoms with E-state index in [1.807, 2.05) is 18.2 Å². The van der Waals surface area contributed by atoms with E-state index >= 15 is 0 Å². The monoisotopic (exact) mass is 386 g/mol. The molecule has 2 atom stereocenters. The molecular formula is C20H19ClN2O4. The molecule has 140 valence electrons. The maximum Gasteiger partial charge on any atom is 0.347 e. The van der Waals surface area contributed by atoms with Crippen LogP contribution in [0.4, 0.5) is 0 Å². The summed E-state index contributed by atoms with van der Waals surface area (Å²) in [5.41, 5.74) is 1.26. The number of rotatable bonds is 7. The third-order valence-electron chi connectivity index (χ3n) is 3.72. The second kappa shape index (κ2) is 9.60. The van der Waals surface area contributed by atoms with Crippen LogP contribution in [0.1, 0.15) is 31.0 Å². The average Bonchev–Trinajstić information content (AvgIpc) is 2.66. The van der Waals surface area contributed by atoms with Crippen LogP contribution < -0.4 is 10.1 Å². The molecule has 0 aliphatic carbocycles. The molecule has 1 amide bonds. The summed E-state index contributed by atoms with van der Waals surface area (Å²) >= 11 is 6.10. The van der Waals surface area contributed by atoms with Crippen molar-refractivity contribution >= 4 is 23.5 Å². The van der Waals surface area contributed by atoms with Gasteiger partial charge in [-0.1, -0.05) is 29.8 Å². The van der Waals surface area contributed by atoms with Crippen LogP contribution in [0.2, 0.25) is 5.02 Å². The number of carbonyl (C=O) groups is 2. The topological polar surface area (TPSA) is 88.4 Å². The van der Waals surface area contributed by atoms with E-state index in [-0.39, 0.29) is 6.04 Å². The molecule has 27 heavy (non-hydrogen) atoms. The van der Waals surface area contributed by atoms with E-state index in [2.05, 4.69) is 5.32 Å². The minimum absolute atomic E-state index is 0.322. The number of benzene rings is 2. The zero-order chi connectivity index (χ0) is 19.8. The number of ether oxygens (including phenoxy) is 2. The van der Waals surface area contributed by atoms with Gasteiger partial charge in [0, 0.05) is 5.02 Å². The Morgan fingerprint density at radius 3 is 2.44 bits per heavy atom. The van der Waals surface area contributed by atoms with Crippen molar-refractivity contribution in [2.75, 3.05) is 6.61 Å². The lowest BCUT2D eigenvalue weighted by molar-refractivity contribution is -0.154. The van der Waals surface area contributed by atoms with E-state index in [0.29, 0.717) is 16.3 Å². The molecule has 0 radical (unpaired) electrons. The van der Waals surface area contributed by atoms with E-state index in [9.17, 15) is 9.59 Å². The molecule has 0 spiro atoms.